The summed E-state index contributed by atoms with van der Waals surface area (Å²) >= 11 is 11.8. The maximum Gasteiger partial charge on any atom is 0.274 e. The van der Waals surface area contributed by atoms with Crippen LogP contribution in [0.25, 0.3) is 5.69 Å². The van der Waals surface area contributed by atoms with Crippen LogP contribution in [-0.4, -0.2) is 9.78 Å². The van der Waals surface area contributed by atoms with Gasteiger partial charge in [0, 0.05) is 16.3 Å². The van der Waals surface area contributed by atoms with E-state index in [9.17, 15) is 4.79 Å². The van der Waals surface area contributed by atoms with E-state index in [0.29, 0.717) is 21.3 Å². The Morgan fingerprint density at radius 3 is 2.44 bits per heavy atom. The second-order valence-corrected chi connectivity index (χ2v) is 4.44. The summed E-state index contributed by atoms with van der Waals surface area (Å²) in [6.07, 6.45) is 0. The Morgan fingerprint density at radius 1 is 1.25 bits per heavy atom. The smallest absolute Gasteiger partial charge is 0.274 e. The van der Waals surface area contributed by atoms with E-state index >= 15 is 0 Å². The summed E-state index contributed by atoms with van der Waals surface area (Å²) in [4.78, 5) is 11.9. The Hall–Kier alpha value is -1.19. The quantitative estimate of drug-likeness (QED) is 0.837. The molecule has 1 N–H and O–H groups in total. The van der Waals surface area contributed by atoms with Crippen LogP contribution in [0.2, 0.25) is 10.0 Å². The van der Waals surface area contributed by atoms with Crippen LogP contribution in [-0.2, 0) is 0 Å². The Kier molecular flexibility index (Phi) is 2.82. The molecule has 2 aromatic rings. The molecule has 2 rings (SSSR count). The van der Waals surface area contributed by atoms with Crippen LogP contribution in [0.15, 0.2) is 23.0 Å². The van der Waals surface area contributed by atoms with Gasteiger partial charge in [0.15, 0.2) is 0 Å². The Labute approximate surface area is 103 Å². The van der Waals surface area contributed by atoms with Gasteiger partial charge in [-0.05, 0) is 32.0 Å². The van der Waals surface area contributed by atoms with E-state index in [0.717, 1.165) is 5.69 Å². The van der Waals surface area contributed by atoms with Gasteiger partial charge in [-0.3, -0.25) is 9.89 Å². The number of nitrogens with zero attached hydrogens (tertiary/aromatic N) is 1. The predicted octanol–water partition coefficient (Wildman–Crippen LogP) is 3.09. The maximum absolute atomic E-state index is 11.9. The number of benzene rings is 1. The van der Waals surface area contributed by atoms with E-state index in [4.69, 9.17) is 23.2 Å². The summed E-state index contributed by atoms with van der Waals surface area (Å²) in [5.41, 5.74) is 2.02. The zero-order chi connectivity index (χ0) is 11.9. The van der Waals surface area contributed by atoms with Gasteiger partial charge in [-0.25, -0.2) is 4.68 Å². The van der Waals surface area contributed by atoms with Crippen LogP contribution >= 0.6 is 23.2 Å². The number of hydrogen-bond acceptors (Lipinski definition) is 1. The number of aryl methyl sites for hydroxylation is 1. The summed E-state index contributed by atoms with van der Waals surface area (Å²) < 4.78 is 1.42. The summed E-state index contributed by atoms with van der Waals surface area (Å²) in [5.74, 6) is 0. The van der Waals surface area contributed by atoms with Gasteiger partial charge < -0.3 is 0 Å². The van der Waals surface area contributed by atoms with E-state index in [2.05, 4.69) is 5.10 Å². The molecule has 1 aromatic carbocycles. The van der Waals surface area contributed by atoms with Crippen LogP contribution < -0.4 is 5.56 Å². The molecule has 1 aromatic heterocycles. The molecule has 0 atom stereocenters. The van der Waals surface area contributed by atoms with Crippen LogP contribution in [0.4, 0.5) is 0 Å². The third kappa shape index (κ3) is 1.77. The fraction of sp³-hybridized carbons (Fsp3) is 0.182. The topological polar surface area (TPSA) is 37.8 Å². The Bertz CT molecular complexity index is 599. The molecule has 0 fully saturated rings. The summed E-state index contributed by atoms with van der Waals surface area (Å²) in [6, 6.07) is 5.01. The van der Waals surface area contributed by atoms with Gasteiger partial charge >= 0.3 is 0 Å². The standard InChI is InChI=1S/C11H10Cl2N2O/c1-6-7(2)14-15(11(6)16)10-4-3-8(12)5-9(10)13/h3-5,14H,1-2H3. The monoisotopic (exact) mass is 256 g/mol. The maximum atomic E-state index is 11.9. The average molecular weight is 257 g/mol. The number of H-pyrrole nitrogens is 1. The molecule has 0 radical (unpaired) electrons. The number of halogens is 2. The zero-order valence-corrected chi connectivity index (χ0v) is 10.4. The number of rotatable bonds is 1. The number of aromatic nitrogens is 2. The first kappa shape index (κ1) is 11.3. The normalized spacial score (nSPS) is 10.8. The van der Waals surface area contributed by atoms with Crippen molar-refractivity contribution in [3.05, 3.63) is 49.9 Å². The van der Waals surface area contributed by atoms with Gasteiger partial charge in [0.2, 0.25) is 0 Å². The van der Waals surface area contributed by atoms with Crippen molar-refractivity contribution in [1.29, 1.82) is 0 Å². The SMILES string of the molecule is Cc1[nH]n(-c2ccc(Cl)cc2Cl)c(=O)c1C. The minimum Gasteiger partial charge on any atom is -0.295 e. The predicted molar refractivity (Wildman–Crippen MR) is 65.9 cm³/mol. The van der Waals surface area contributed by atoms with Crippen LogP contribution in [0.3, 0.4) is 0 Å². The van der Waals surface area contributed by atoms with Crippen molar-refractivity contribution in [2.24, 2.45) is 0 Å². The molecule has 0 aliphatic rings. The molecular weight excluding hydrogens is 247 g/mol. The molecule has 0 saturated heterocycles. The van der Waals surface area contributed by atoms with Gasteiger partial charge in [0.05, 0.1) is 10.7 Å². The van der Waals surface area contributed by atoms with Crippen molar-refractivity contribution in [3.8, 4) is 5.69 Å². The van der Waals surface area contributed by atoms with Crippen LogP contribution in [0.1, 0.15) is 11.3 Å². The number of aromatic amines is 1. The van der Waals surface area contributed by atoms with E-state index in [1.807, 2.05) is 6.92 Å². The molecule has 0 bridgehead atoms. The fourth-order valence-electron chi connectivity index (χ4n) is 1.46. The fourth-order valence-corrected chi connectivity index (χ4v) is 1.96. The minimum atomic E-state index is -0.0956. The first-order valence-corrected chi connectivity index (χ1v) is 5.50. The molecule has 0 aliphatic heterocycles. The van der Waals surface area contributed by atoms with Gasteiger partial charge in [0.25, 0.3) is 5.56 Å². The van der Waals surface area contributed by atoms with Crippen molar-refractivity contribution >= 4 is 23.2 Å². The van der Waals surface area contributed by atoms with Gasteiger partial charge in [-0.1, -0.05) is 23.2 Å². The number of nitrogens with one attached hydrogen (secondary N) is 1. The summed E-state index contributed by atoms with van der Waals surface area (Å²) in [6.45, 7) is 3.62. The first-order chi connectivity index (χ1) is 7.50. The second-order valence-electron chi connectivity index (χ2n) is 3.60. The highest BCUT2D eigenvalue weighted by molar-refractivity contribution is 6.35. The van der Waals surface area contributed by atoms with E-state index in [-0.39, 0.29) is 5.56 Å². The van der Waals surface area contributed by atoms with Crippen molar-refractivity contribution in [3.63, 3.8) is 0 Å². The second kappa shape index (κ2) is 4.00. The molecule has 1 heterocycles. The lowest BCUT2D eigenvalue weighted by Gasteiger charge is -2.04. The van der Waals surface area contributed by atoms with E-state index < -0.39 is 0 Å². The molecule has 0 saturated carbocycles. The highest BCUT2D eigenvalue weighted by atomic mass is 35.5. The van der Waals surface area contributed by atoms with Crippen molar-refractivity contribution in [2.45, 2.75) is 13.8 Å². The molecule has 16 heavy (non-hydrogen) atoms. The van der Waals surface area contributed by atoms with Gasteiger partial charge in [0.1, 0.15) is 0 Å². The molecule has 5 heteroatoms. The average Bonchev–Trinajstić information content (AvgIpc) is 2.46. The van der Waals surface area contributed by atoms with Gasteiger partial charge in [-0.15, -0.1) is 0 Å². The third-order valence-corrected chi connectivity index (χ3v) is 3.05. The highest BCUT2D eigenvalue weighted by Gasteiger charge is 2.10. The van der Waals surface area contributed by atoms with E-state index in [1.54, 1.807) is 25.1 Å². The van der Waals surface area contributed by atoms with Crippen molar-refractivity contribution < 1.29 is 0 Å². The minimum absolute atomic E-state index is 0.0956. The van der Waals surface area contributed by atoms with Crippen molar-refractivity contribution in [2.75, 3.05) is 0 Å². The summed E-state index contributed by atoms with van der Waals surface area (Å²) in [7, 11) is 0. The number of hydrogen-bond donors (Lipinski definition) is 1. The third-order valence-electron chi connectivity index (χ3n) is 2.52. The van der Waals surface area contributed by atoms with Crippen LogP contribution in [0, 0.1) is 13.8 Å². The molecule has 84 valence electrons. The van der Waals surface area contributed by atoms with E-state index in [1.165, 1.54) is 4.68 Å². The van der Waals surface area contributed by atoms with Crippen LogP contribution in [0.5, 0.6) is 0 Å². The lowest BCUT2D eigenvalue weighted by atomic mass is 10.3. The lowest BCUT2D eigenvalue weighted by molar-refractivity contribution is 0.835. The molecule has 0 unspecified atom stereocenters. The molecule has 3 nitrogen and oxygen atoms in total. The zero-order valence-electron chi connectivity index (χ0n) is 8.84. The lowest BCUT2D eigenvalue weighted by Crippen LogP contribution is -2.16. The largest absolute Gasteiger partial charge is 0.295 e. The summed E-state index contributed by atoms with van der Waals surface area (Å²) in [5, 5.41) is 3.95. The molecule has 0 aliphatic carbocycles. The molecular formula is C11H10Cl2N2O. The highest BCUT2D eigenvalue weighted by Crippen LogP contribution is 2.23. The molecule has 0 amide bonds. The molecule has 0 spiro atoms. The Morgan fingerprint density at radius 2 is 1.94 bits per heavy atom. The van der Waals surface area contributed by atoms with Crippen molar-refractivity contribution in [1.82, 2.24) is 9.78 Å². The Balaban J connectivity index is 2.68. The first-order valence-electron chi connectivity index (χ1n) is 4.74. The van der Waals surface area contributed by atoms with Gasteiger partial charge in [-0.2, -0.15) is 0 Å².